The van der Waals surface area contributed by atoms with Crippen LogP contribution in [0.15, 0.2) is 4.52 Å². The average molecular weight is 278 g/mol. The molecule has 1 saturated heterocycles. The highest BCUT2D eigenvalue weighted by Gasteiger charge is 2.40. The van der Waals surface area contributed by atoms with Crippen LogP contribution in [0.5, 0.6) is 0 Å². The second-order valence-electron chi connectivity index (χ2n) is 6.38. The van der Waals surface area contributed by atoms with E-state index in [4.69, 9.17) is 4.52 Å². The molecule has 1 atom stereocenters. The number of nitrogens with zero attached hydrogens (tertiary/aromatic N) is 3. The molecule has 0 bridgehead atoms. The van der Waals surface area contributed by atoms with E-state index >= 15 is 0 Å². The van der Waals surface area contributed by atoms with Gasteiger partial charge in [0.1, 0.15) is 0 Å². The van der Waals surface area contributed by atoms with Crippen molar-refractivity contribution in [1.82, 2.24) is 20.4 Å². The number of hydrogen-bond donors (Lipinski definition) is 1. The molecular weight excluding hydrogens is 252 g/mol. The number of aryl methyl sites for hydroxylation is 1. The Morgan fingerprint density at radius 1 is 1.40 bits per heavy atom. The van der Waals surface area contributed by atoms with Gasteiger partial charge in [0.25, 0.3) is 0 Å². The molecule has 1 saturated carbocycles. The number of hydrogen-bond acceptors (Lipinski definition) is 5. The highest BCUT2D eigenvalue weighted by molar-refractivity contribution is 5.01. The molecular formula is C15H26N4O. The van der Waals surface area contributed by atoms with Crippen LogP contribution in [-0.4, -0.2) is 46.3 Å². The van der Waals surface area contributed by atoms with Gasteiger partial charge in [0, 0.05) is 44.6 Å². The van der Waals surface area contributed by atoms with Gasteiger partial charge in [-0.25, -0.2) is 0 Å². The smallest absolute Gasteiger partial charge is 0.223 e. The lowest BCUT2D eigenvalue weighted by Crippen LogP contribution is -2.63. The number of aromatic nitrogens is 2. The topological polar surface area (TPSA) is 54.2 Å². The predicted molar refractivity (Wildman–Crippen MR) is 77.6 cm³/mol. The van der Waals surface area contributed by atoms with Crippen LogP contribution < -0.4 is 5.32 Å². The normalized spacial score (nSPS) is 26.4. The average Bonchev–Trinajstić information content (AvgIpc) is 3.07. The predicted octanol–water partition coefficient (Wildman–Crippen LogP) is 1.92. The fraction of sp³-hybridized carbons (Fsp3) is 0.867. The molecule has 1 unspecified atom stereocenters. The molecule has 1 aromatic rings. The first-order valence-corrected chi connectivity index (χ1v) is 7.99. The molecule has 2 fully saturated rings. The molecule has 0 amide bonds. The summed E-state index contributed by atoms with van der Waals surface area (Å²) in [4.78, 5) is 6.96. The molecule has 112 valence electrons. The summed E-state index contributed by atoms with van der Waals surface area (Å²) in [5, 5.41) is 7.85. The summed E-state index contributed by atoms with van der Waals surface area (Å²) in [5.74, 6) is 1.51. The maximum atomic E-state index is 5.06. The van der Waals surface area contributed by atoms with E-state index in [1.165, 1.54) is 38.6 Å². The standard InChI is InChI=1S/C15H26N4O/c1-3-13-10-16-15(7-4-5-8-15)11-19(13)9-6-14-17-12(2)20-18-14/h13,16H,3-11H2,1-2H3. The van der Waals surface area contributed by atoms with Crippen molar-refractivity contribution in [2.75, 3.05) is 19.6 Å². The van der Waals surface area contributed by atoms with E-state index in [2.05, 4.69) is 27.3 Å². The lowest BCUT2D eigenvalue weighted by atomic mass is 9.91. The Morgan fingerprint density at radius 3 is 2.85 bits per heavy atom. The minimum atomic E-state index is 0.388. The molecule has 0 aromatic carbocycles. The molecule has 0 radical (unpaired) electrons. The Balaban J connectivity index is 1.61. The van der Waals surface area contributed by atoms with Crippen LogP contribution in [0, 0.1) is 6.92 Å². The van der Waals surface area contributed by atoms with Crippen LogP contribution in [0.3, 0.4) is 0 Å². The maximum absolute atomic E-state index is 5.06. The first-order chi connectivity index (χ1) is 9.71. The van der Waals surface area contributed by atoms with Gasteiger partial charge >= 0.3 is 0 Å². The van der Waals surface area contributed by atoms with E-state index in [1.807, 2.05) is 6.92 Å². The van der Waals surface area contributed by atoms with Crippen molar-refractivity contribution in [3.63, 3.8) is 0 Å². The molecule has 3 rings (SSSR count). The molecule has 1 aliphatic carbocycles. The summed E-state index contributed by atoms with van der Waals surface area (Å²) in [5.41, 5.74) is 0.388. The fourth-order valence-electron chi connectivity index (χ4n) is 3.77. The van der Waals surface area contributed by atoms with Crippen LogP contribution in [0.1, 0.15) is 50.7 Å². The molecule has 1 aromatic heterocycles. The summed E-state index contributed by atoms with van der Waals surface area (Å²) in [6, 6.07) is 0.647. The first-order valence-electron chi connectivity index (χ1n) is 7.99. The monoisotopic (exact) mass is 278 g/mol. The molecule has 1 spiro atoms. The Bertz CT molecular complexity index is 439. The van der Waals surface area contributed by atoms with Gasteiger partial charge in [-0.1, -0.05) is 24.9 Å². The Morgan fingerprint density at radius 2 is 2.20 bits per heavy atom. The van der Waals surface area contributed by atoms with Gasteiger partial charge in [-0.15, -0.1) is 0 Å². The van der Waals surface area contributed by atoms with Crippen LogP contribution in [0.4, 0.5) is 0 Å². The zero-order valence-electron chi connectivity index (χ0n) is 12.7. The minimum absolute atomic E-state index is 0.388. The third-order valence-corrected chi connectivity index (χ3v) is 4.96. The number of rotatable bonds is 4. The molecule has 1 N–H and O–H groups in total. The van der Waals surface area contributed by atoms with Crippen LogP contribution >= 0.6 is 0 Å². The van der Waals surface area contributed by atoms with Gasteiger partial charge in [0.15, 0.2) is 5.82 Å². The van der Waals surface area contributed by atoms with E-state index in [0.717, 1.165) is 25.3 Å². The van der Waals surface area contributed by atoms with Crippen molar-refractivity contribution < 1.29 is 4.52 Å². The second kappa shape index (κ2) is 5.82. The van der Waals surface area contributed by atoms with Crippen molar-refractivity contribution in [3.8, 4) is 0 Å². The van der Waals surface area contributed by atoms with Crippen LogP contribution in [0.2, 0.25) is 0 Å². The van der Waals surface area contributed by atoms with Gasteiger partial charge in [-0.2, -0.15) is 4.98 Å². The van der Waals surface area contributed by atoms with Gasteiger partial charge in [0.05, 0.1) is 0 Å². The van der Waals surface area contributed by atoms with Gasteiger partial charge in [0.2, 0.25) is 5.89 Å². The Labute approximate surface area is 121 Å². The molecule has 2 aliphatic rings. The van der Waals surface area contributed by atoms with Crippen molar-refractivity contribution in [2.45, 2.75) is 64.0 Å². The van der Waals surface area contributed by atoms with Crippen LogP contribution in [0.25, 0.3) is 0 Å². The van der Waals surface area contributed by atoms with Gasteiger partial charge < -0.3 is 9.84 Å². The first kappa shape index (κ1) is 14.0. The Hall–Kier alpha value is -0.940. The quantitative estimate of drug-likeness (QED) is 0.912. The second-order valence-corrected chi connectivity index (χ2v) is 6.38. The van der Waals surface area contributed by atoms with E-state index in [9.17, 15) is 0 Å². The third-order valence-electron chi connectivity index (χ3n) is 4.96. The molecule has 5 nitrogen and oxygen atoms in total. The summed E-state index contributed by atoms with van der Waals surface area (Å²) in [6.07, 6.45) is 7.52. The lowest BCUT2D eigenvalue weighted by Gasteiger charge is -2.46. The van der Waals surface area contributed by atoms with E-state index in [-0.39, 0.29) is 0 Å². The largest absolute Gasteiger partial charge is 0.340 e. The summed E-state index contributed by atoms with van der Waals surface area (Å²) >= 11 is 0. The Kier molecular flexibility index (Phi) is 4.08. The van der Waals surface area contributed by atoms with Crippen LogP contribution in [-0.2, 0) is 6.42 Å². The zero-order valence-corrected chi connectivity index (χ0v) is 12.7. The lowest BCUT2D eigenvalue weighted by molar-refractivity contribution is 0.0788. The number of nitrogens with one attached hydrogen (secondary N) is 1. The van der Waals surface area contributed by atoms with Crippen molar-refractivity contribution in [1.29, 1.82) is 0 Å². The van der Waals surface area contributed by atoms with Crippen molar-refractivity contribution in [2.24, 2.45) is 0 Å². The van der Waals surface area contributed by atoms with Crippen molar-refractivity contribution in [3.05, 3.63) is 11.7 Å². The summed E-state index contributed by atoms with van der Waals surface area (Å²) in [7, 11) is 0. The van der Waals surface area contributed by atoms with E-state index < -0.39 is 0 Å². The highest BCUT2D eigenvalue weighted by atomic mass is 16.5. The van der Waals surface area contributed by atoms with Gasteiger partial charge in [-0.3, -0.25) is 4.90 Å². The minimum Gasteiger partial charge on any atom is -0.340 e. The third kappa shape index (κ3) is 2.88. The highest BCUT2D eigenvalue weighted by Crippen LogP contribution is 2.33. The maximum Gasteiger partial charge on any atom is 0.223 e. The molecule has 1 aliphatic heterocycles. The number of piperazine rings is 1. The van der Waals surface area contributed by atoms with Gasteiger partial charge in [-0.05, 0) is 19.3 Å². The molecule has 2 heterocycles. The molecule has 5 heteroatoms. The summed E-state index contributed by atoms with van der Waals surface area (Å²) < 4.78 is 5.06. The zero-order chi connectivity index (χ0) is 14.0. The van der Waals surface area contributed by atoms with E-state index in [0.29, 0.717) is 17.5 Å². The van der Waals surface area contributed by atoms with Crippen molar-refractivity contribution >= 4 is 0 Å². The summed E-state index contributed by atoms with van der Waals surface area (Å²) in [6.45, 7) is 7.49. The fourth-order valence-corrected chi connectivity index (χ4v) is 3.77. The molecule has 20 heavy (non-hydrogen) atoms. The SMILES string of the molecule is CCC1CNC2(CCCC2)CN1CCc1noc(C)n1. The van der Waals surface area contributed by atoms with E-state index in [1.54, 1.807) is 0 Å².